The van der Waals surface area contributed by atoms with E-state index in [1.165, 1.54) is 5.56 Å². The van der Waals surface area contributed by atoms with E-state index in [1.807, 2.05) is 12.1 Å². The minimum atomic E-state index is 0.528. The highest BCUT2D eigenvalue weighted by Crippen LogP contribution is 2.18. The number of piperidine rings is 1. The number of likely N-dealkylation sites (tertiary alicyclic amines) is 1. The minimum absolute atomic E-state index is 0.528. The van der Waals surface area contributed by atoms with Crippen LogP contribution in [0.2, 0.25) is 5.15 Å². The van der Waals surface area contributed by atoms with E-state index in [0.29, 0.717) is 11.2 Å². The first-order valence-electron chi connectivity index (χ1n) is 7.44. The summed E-state index contributed by atoms with van der Waals surface area (Å²) in [6.45, 7) is 3.32. The molecule has 0 saturated carbocycles. The smallest absolute Gasteiger partial charge is 0.129 e. The predicted molar refractivity (Wildman–Crippen MR) is 87.6 cm³/mol. The van der Waals surface area contributed by atoms with Crippen LogP contribution in [0.3, 0.4) is 0 Å². The van der Waals surface area contributed by atoms with Crippen molar-refractivity contribution in [1.29, 1.82) is 0 Å². The molecule has 1 aromatic heterocycles. The fraction of sp³-hybridized carbons (Fsp3) is 0.353. The second-order valence-corrected chi connectivity index (χ2v) is 5.94. The van der Waals surface area contributed by atoms with Gasteiger partial charge in [0.15, 0.2) is 0 Å². The van der Waals surface area contributed by atoms with E-state index in [0.717, 1.165) is 38.2 Å². The summed E-state index contributed by atoms with van der Waals surface area (Å²) in [6.07, 6.45) is 4.13. The molecule has 1 saturated heterocycles. The van der Waals surface area contributed by atoms with Crippen LogP contribution in [0.25, 0.3) is 0 Å². The molecule has 1 aliphatic heterocycles. The number of halogens is 1. The Morgan fingerprint density at radius 3 is 2.52 bits per heavy atom. The lowest BCUT2D eigenvalue weighted by Gasteiger charge is -2.32. The van der Waals surface area contributed by atoms with Crippen LogP contribution in [0.15, 0.2) is 48.7 Å². The molecular weight excluding hydrogens is 282 g/mol. The van der Waals surface area contributed by atoms with Crippen molar-refractivity contribution in [3.63, 3.8) is 0 Å². The fourth-order valence-corrected chi connectivity index (χ4v) is 2.89. The molecule has 4 heteroatoms. The van der Waals surface area contributed by atoms with E-state index in [4.69, 9.17) is 11.6 Å². The van der Waals surface area contributed by atoms with E-state index < -0.39 is 0 Å². The van der Waals surface area contributed by atoms with Gasteiger partial charge in [0, 0.05) is 25.7 Å². The molecule has 1 N–H and O–H groups in total. The van der Waals surface area contributed by atoms with Crippen LogP contribution < -0.4 is 5.32 Å². The van der Waals surface area contributed by atoms with E-state index in [1.54, 1.807) is 6.20 Å². The zero-order chi connectivity index (χ0) is 14.5. The molecule has 21 heavy (non-hydrogen) atoms. The molecule has 0 spiro atoms. The molecule has 1 fully saturated rings. The normalized spacial score (nSPS) is 16.8. The molecule has 1 aromatic carbocycles. The third kappa shape index (κ3) is 4.19. The van der Waals surface area contributed by atoms with E-state index in [-0.39, 0.29) is 0 Å². The summed E-state index contributed by atoms with van der Waals surface area (Å²) in [5, 5.41) is 4.08. The Hall–Kier alpha value is -1.58. The van der Waals surface area contributed by atoms with Crippen LogP contribution >= 0.6 is 11.6 Å². The number of anilines is 1. The van der Waals surface area contributed by atoms with Crippen molar-refractivity contribution in [3.8, 4) is 0 Å². The van der Waals surface area contributed by atoms with E-state index in [9.17, 15) is 0 Å². The van der Waals surface area contributed by atoms with Crippen LogP contribution in [0.5, 0.6) is 0 Å². The summed E-state index contributed by atoms with van der Waals surface area (Å²) < 4.78 is 0. The number of benzene rings is 1. The van der Waals surface area contributed by atoms with Crippen molar-refractivity contribution in [2.45, 2.75) is 25.4 Å². The Morgan fingerprint density at radius 2 is 1.86 bits per heavy atom. The van der Waals surface area contributed by atoms with Crippen molar-refractivity contribution < 1.29 is 0 Å². The first kappa shape index (κ1) is 14.4. The largest absolute Gasteiger partial charge is 0.381 e. The van der Waals surface area contributed by atoms with Crippen molar-refractivity contribution >= 4 is 17.3 Å². The summed E-state index contributed by atoms with van der Waals surface area (Å²) in [6, 6.07) is 15.0. The first-order chi connectivity index (χ1) is 10.3. The maximum Gasteiger partial charge on any atom is 0.129 e. The van der Waals surface area contributed by atoms with E-state index >= 15 is 0 Å². The zero-order valence-corrected chi connectivity index (χ0v) is 12.8. The lowest BCUT2D eigenvalue weighted by atomic mass is 10.0. The van der Waals surface area contributed by atoms with Crippen molar-refractivity contribution in [2.75, 3.05) is 18.4 Å². The Labute approximate surface area is 131 Å². The highest BCUT2D eigenvalue weighted by molar-refractivity contribution is 6.29. The molecule has 2 aromatic rings. The number of pyridine rings is 1. The van der Waals surface area contributed by atoms with Gasteiger partial charge in [0.25, 0.3) is 0 Å². The molecule has 0 amide bonds. The summed E-state index contributed by atoms with van der Waals surface area (Å²) in [4.78, 5) is 6.63. The highest BCUT2D eigenvalue weighted by atomic mass is 35.5. The van der Waals surface area contributed by atoms with Crippen LogP contribution in [0.1, 0.15) is 18.4 Å². The van der Waals surface area contributed by atoms with Gasteiger partial charge in [-0.15, -0.1) is 0 Å². The maximum absolute atomic E-state index is 5.80. The van der Waals surface area contributed by atoms with Crippen LogP contribution in [-0.4, -0.2) is 29.0 Å². The fourth-order valence-electron chi connectivity index (χ4n) is 2.77. The summed E-state index contributed by atoms with van der Waals surface area (Å²) >= 11 is 5.80. The molecule has 3 rings (SSSR count). The van der Waals surface area contributed by atoms with Gasteiger partial charge in [-0.05, 0) is 30.5 Å². The number of rotatable bonds is 4. The van der Waals surface area contributed by atoms with Gasteiger partial charge in [-0.3, -0.25) is 4.90 Å². The standard InChI is InChI=1S/C17H20ClN3/c18-17-7-6-16(12-19-17)20-15-8-10-21(11-9-15)13-14-4-2-1-3-5-14/h1-7,12,15,20H,8-11,13H2. The molecular formula is C17H20ClN3. The Balaban J connectivity index is 1.47. The second-order valence-electron chi connectivity index (χ2n) is 5.55. The minimum Gasteiger partial charge on any atom is -0.381 e. The van der Waals surface area contributed by atoms with Crippen molar-refractivity contribution in [1.82, 2.24) is 9.88 Å². The van der Waals surface area contributed by atoms with Crippen LogP contribution in [-0.2, 0) is 6.54 Å². The molecule has 0 radical (unpaired) electrons. The third-order valence-electron chi connectivity index (χ3n) is 3.93. The second kappa shape index (κ2) is 6.92. The molecule has 0 atom stereocenters. The van der Waals surface area contributed by atoms with Gasteiger partial charge in [0.05, 0.1) is 11.9 Å². The summed E-state index contributed by atoms with van der Waals surface area (Å²) in [7, 11) is 0. The van der Waals surface area contributed by atoms with Crippen molar-refractivity contribution in [3.05, 3.63) is 59.4 Å². The number of aromatic nitrogens is 1. The molecule has 2 heterocycles. The highest BCUT2D eigenvalue weighted by Gasteiger charge is 2.19. The van der Waals surface area contributed by atoms with Gasteiger partial charge in [-0.1, -0.05) is 41.9 Å². The number of nitrogens with zero attached hydrogens (tertiary/aromatic N) is 2. The molecule has 110 valence electrons. The molecule has 1 aliphatic rings. The van der Waals surface area contributed by atoms with Gasteiger partial charge in [-0.25, -0.2) is 4.98 Å². The molecule has 0 aliphatic carbocycles. The average molecular weight is 302 g/mol. The predicted octanol–water partition coefficient (Wildman–Crippen LogP) is 3.81. The molecule has 3 nitrogen and oxygen atoms in total. The topological polar surface area (TPSA) is 28.2 Å². The van der Waals surface area contributed by atoms with Gasteiger partial charge in [-0.2, -0.15) is 0 Å². The number of nitrogens with one attached hydrogen (secondary N) is 1. The Kier molecular flexibility index (Phi) is 4.73. The van der Waals surface area contributed by atoms with Gasteiger partial charge in [0.1, 0.15) is 5.15 Å². The SMILES string of the molecule is Clc1ccc(NC2CCN(Cc3ccccc3)CC2)cn1. The average Bonchev–Trinajstić information content (AvgIpc) is 2.53. The Morgan fingerprint density at radius 1 is 1.10 bits per heavy atom. The van der Waals surface area contributed by atoms with Gasteiger partial charge >= 0.3 is 0 Å². The summed E-state index contributed by atoms with van der Waals surface area (Å²) in [5.41, 5.74) is 2.45. The summed E-state index contributed by atoms with van der Waals surface area (Å²) in [5.74, 6) is 0. The zero-order valence-electron chi connectivity index (χ0n) is 12.0. The lowest BCUT2D eigenvalue weighted by molar-refractivity contribution is 0.211. The first-order valence-corrected chi connectivity index (χ1v) is 7.82. The monoisotopic (exact) mass is 301 g/mol. The van der Waals surface area contributed by atoms with Gasteiger partial charge in [0.2, 0.25) is 0 Å². The maximum atomic E-state index is 5.80. The quantitative estimate of drug-likeness (QED) is 0.870. The third-order valence-corrected chi connectivity index (χ3v) is 4.16. The molecule has 0 unspecified atom stereocenters. The van der Waals surface area contributed by atoms with Crippen molar-refractivity contribution in [2.24, 2.45) is 0 Å². The lowest BCUT2D eigenvalue weighted by Crippen LogP contribution is -2.38. The van der Waals surface area contributed by atoms with Gasteiger partial charge < -0.3 is 5.32 Å². The molecule has 0 bridgehead atoms. The number of hydrogen-bond acceptors (Lipinski definition) is 3. The Bertz CT molecular complexity index is 548. The number of hydrogen-bond donors (Lipinski definition) is 1. The van der Waals surface area contributed by atoms with Crippen LogP contribution in [0, 0.1) is 0 Å². The van der Waals surface area contributed by atoms with E-state index in [2.05, 4.69) is 45.5 Å². The van der Waals surface area contributed by atoms with Crippen LogP contribution in [0.4, 0.5) is 5.69 Å².